The number of nitrogens with one attached hydrogen (secondary N) is 2. The van der Waals surface area contributed by atoms with E-state index in [1.54, 1.807) is 0 Å². The van der Waals surface area contributed by atoms with E-state index in [0.29, 0.717) is 24.3 Å². The molecule has 3 aromatic heterocycles. The van der Waals surface area contributed by atoms with Gasteiger partial charge in [0.1, 0.15) is 0 Å². The number of H-pyrrole nitrogens is 2. The minimum absolute atomic E-state index is 0. The fraction of sp³-hybridized carbons (Fsp3) is 0.400. The summed E-state index contributed by atoms with van der Waals surface area (Å²) in [5.41, 5.74) is 15.0. The first kappa shape index (κ1) is 54.7. The molecule has 6 N–H and O–H groups in total. The van der Waals surface area contributed by atoms with E-state index >= 15 is 0 Å². The van der Waals surface area contributed by atoms with Gasteiger partial charge in [-0.15, -0.1) is 45.8 Å². The monoisotopic (exact) mass is 1980 g/mol. The second-order valence-corrected chi connectivity index (χ2v) is 93.6. The van der Waals surface area contributed by atoms with E-state index in [9.17, 15) is 0 Å². The normalized spacial score (nSPS) is 17.4. The van der Waals surface area contributed by atoms with Crippen LogP contribution < -0.4 is 0 Å². The number of rotatable bonds is 4. The summed E-state index contributed by atoms with van der Waals surface area (Å²) in [6, 6.07) is 9.04. The fourth-order valence-electron chi connectivity index (χ4n) is 8.58. The van der Waals surface area contributed by atoms with Gasteiger partial charge in [0.15, 0.2) is 0 Å². The smallest absolute Gasteiger partial charge is 0.693 e. The molecule has 3 fully saturated rings. The molecule has 9 heterocycles. The van der Waals surface area contributed by atoms with Crippen molar-refractivity contribution in [1.29, 1.82) is 0 Å². The maximum Gasteiger partial charge on any atom is -0.693 e. The first-order valence-electron chi connectivity index (χ1n) is 19.0. The van der Waals surface area contributed by atoms with Gasteiger partial charge in [-0.05, 0) is 71.9 Å². The van der Waals surface area contributed by atoms with Crippen molar-refractivity contribution in [1.82, 2.24) is 19.9 Å². The largest absolute Gasteiger partial charge is 0.693 e. The molecular weight excluding hydrogens is 1930 g/mol. The molecule has 3 saturated heterocycles. The van der Waals surface area contributed by atoms with Gasteiger partial charge in [-0.3, -0.25) is 0 Å². The van der Waals surface area contributed by atoms with Crippen LogP contribution in [0.3, 0.4) is 0 Å². The number of hydrogen-bond donors (Lipinski definition) is 2. The fourth-order valence-corrected chi connectivity index (χ4v) is 8.58. The number of aromatic amines is 2. The van der Waals surface area contributed by atoms with Gasteiger partial charge >= 0.3 is 158 Å². The Bertz CT molecular complexity index is 1950. The van der Waals surface area contributed by atoms with E-state index in [0.717, 1.165) is 128 Å². The Balaban J connectivity index is 0.000000851. The number of nitrogens with two attached hydrogens (primary N) is 2. The average molecular weight is 1980 g/mol. The Labute approximate surface area is 445 Å². The summed E-state index contributed by atoms with van der Waals surface area (Å²) in [5.74, 6) is 1.17. The van der Waals surface area contributed by atoms with Crippen LogP contribution in [0.25, 0.3) is 85.5 Å². The van der Waals surface area contributed by atoms with Gasteiger partial charge in [-0.25, -0.2) is 9.97 Å². The zero-order valence-electron chi connectivity index (χ0n) is 33.0. The van der Waals surface area contributed by atoms with Gasteiger partial charge in [0.05, 0.1) is 22.8 Å². The summed E-state index contributed by atoms with van der Waals surface area (Å²) < 4.78 is 0. The zero-order valence-corrected chi connectivity index (χ0v) is 63.6. The summed E-state index contributed by atoms with van der Waals surface area (Å²) in [4.78, 5) is 18.8. The van der Waals surface area contributed by atoms with Crippen LogP contribution in [0.2, 0.25) is 0 Å². The van der Waals surface area contributed by atoms with Gasteiger partial charge in [0, 0.05) is 44.3 Å². The molecule has 0 amide bonds. The first-order valence-corrected chi connectivity index (χ1v) is 80.8. The Morgan fingerprint density at radius 1 is 0.517 bits per heavy atom. The van der Waals surface area contributed by atoms with Crippen LogP contribution in [-0.4, -0.2) is 65.7 Å². The van der Waals surface area contributed by atoms with E-state index in [1.165, 1.54) is 22.3 Å². The van der Waals surface area contributed by atoms with Crippen molar-refractivity contribution in [3.05, 3.63) is 121 Å². The Kier molecular flexibility index (Phi) is 26.8. The molecule has 8 bridgehead atoms. The van der Waals surface area contributed by atoms with Gasteiger partial charge in [0.25, 0.3) is 0 Å². The van der Waals surface area contributed by atoms with Crippen LogP contribution in [0.4, 0.5) is 0 Å². The van der Waals surface area contributed by atoms with E-state index < -0.39 is 0 Å². The maximum absolute atomic E-state index is 5.49. The van der Waals surface area contributed by atoms with Crippen molar-refractivity contribution >= 4 is 123 Å². The van der Waals surface area contributed by atoms with Crippen LogP contribution >= 0.6 is 70.7 Å². The molecule has 0 atom stereocenters. The third kappa shape index (κ3) is 13.7. The zero-order chi connectivity index (χ0) is 37.3. The predicted octanol–water partition coefficient (Wildman–Crippen LogP) is 14.7. The Hall–Kier alpha value is 2.34. The quantitative estimate of drug-likeness (QED) is 0.134. The summed E-state index contributed by atoms with van der Waals surface area (Å²) in [6.45, 7) is 6.07. The van der Waals surface area contributed by atoms with Gasteiger partial charge < -0.3 is 43.5 Å². The molecule has 296 valence electrons. The molecule has 10 nitrogen and oxygen atoms in total. The molecular formula is C40H46Hg4I4N10-4. The van der Waals surface area contributed by atoms with Crippen molar-refractivity contribution in [3.8, 4) is 0 Å². The number of hydrogen-bond acceptors (Lipinski definition) is 2. The summed E-state index contributed by atoms with van der Waals surface area (Å²) in [6.07, 6.45) is 21.5. The maximum atomic E-state index is 5.49. The molecule has 18 heteroatoms. The van der Waals surface area contributed by atoms with Crippen LogP contribution in [-0.2, 0) is 87.2 Å². The molecule has 0 aliphatic carbocycles. The minimum atomic E-state index is -0.143. The van der Waals surface area contributed by atoms with E-state index in [-0.39, 0.29) is 99.5 Å². The van der Waals surface area contributed by atoms with Crippen LogP contribution in [0, 0.1) is 0 Å². The molecule has 0 saturated carbocycles. The molecule has 3 aromatic rings. The topological polar surface area (TPSA) is 181 Å². The van der Waals surface area contributed by atoms with Gasteiger partial charge in [-0.1, -0.05) is 50.7 Å². The van der Waals surface area contributed by atoms with Crippen molar-refractivity contribution < 1.29 is 87.2 Å². The van der Waals surface area contributed by atoms with Crippen molar-refractivity contribution in [3.63, 3.8) is 0 Å². The molecule has 0 aromatic carbocycles. The molecule has 9 rings (SSSR count). The summed E-state index contributed by atoms with van der Waals surface area (Å²) >= 11 is 9.70. The Morgan fingerprint density at radius 3 is 1.22 bits per heavy atom. The van der Waals surface area contributed by atoms with E-state index in [4.69, 9.17) is 25.9 Å². The van der Waals surface area contributed by atoms with E-state index in [2.05, 4.69) is 147 Å². The molecule has 0 unspecified atom stereocenters. The summed E-state index contributed by atoms with van der Waals surface area (Å²) in [5, 5.41) is 18.6. The third-order valence-corrected chi connectivity index (χ3v) is 11.0. The average Bonchev–Trinajstić information content (AvgIpc) is 4.05. The van der Waals surface area contributed by atoms with Crippen molar-refractivity contribution in [2.45, 2.75) is 56.3 Å². The third-order valence-electron chi connectivity index (χ3n) is 11.0. The van der Waals surface area contributed by atoms with Crippen LogP contribution in [0.15, 0.2) is 42.6 Å². The number of piperidine rings is 3. The van der Waals surface area contributed by atoms with E-state index in [1.807, 2.05) is 6.20 Å². The second-order valence-electron chi connectivity index (χ2n) is 14.0. The van der Waals surface area contributed by atoms with Crippen molar-refractivity contribution in [2.24, 2.45) is 0 Å². The number of nitrogens with zero attached hydrogens (tertiary/aromatic N) is 6. The summed E-state index contributed by atoms with van der Waals surface area (Å²) in [7, 11) is 0. The number of allylic oxidation sites excluding steroid dienone is 2. The van der Waals surface area contributed by atoms with Gasteiger partial charge in [-0.2, -0.15) is 6.20 Å². The number of halogens is 4. The predicted molar refractivity (Wildman–Crippen MR) is 266 cm³/mol. The molecule has 2 radical (unpaired) electrons. The van der Waals surface area contributed by atoms with Gasteiger partial charge in [0.2, 0.25) is 0 Å². The van der Waals surface area contributed by atoms with Crippen LogP contribution in [0.1, 0.15) is 101 Å². The Morgan fingerprint density at radius 2 is 0.862 bits per heavy atom. The minimum Gasteiger partial charge on any atom is -0.693 e. The SMILES string of the molecule is C1=CC(c2c3ccc([nH]3)c(C3CC[N-]CC3)c3nc(c(C4CC[N-]CC4)c4nc(c(C5CC[N-]CC5)c5ccc2[nH]5)C=C4)C=C3)=CC[N-]1.[Hg+].[Hg+].[I][Hg][I].[I][Hg][I].[NH2-].[NH2-]. The second kappa shape index (κ2) is 28.4. The molecule has 0 spiro atoms. The molecule has 6 aliphatic rings. The van der Waals surface area contributed by atoms with Crippen molar-refractivity contribution in [2.75, 3.05) is 45.8 Å². The molecule has 6 aliphatic heterocycles. The number of fused-ring (bicyclic) bond motifs is 8. The molecule has 58 heavy (non-hydrogen) atoms. The first-order chi connectivity index (χ1) is 26.6. The number of aromatic nitrogens is 4. The standard InChI is InChI=1S/C40H42N8.4Hg.4HI.2H2N/c1-2-30-38(26-11-19-42-20-12-26)32-5-6-34(47-32)40(28-15-23-44-24-16-28)36-8-7-35(48-36)39(27-13-21-43-22-14-27)33-4-3-31(46-33)37(29(1)45-30)25-9-17-41-18-10-25;;;;;;;;;;/h1-10,17,26-28,45-46H,11-16,18-24H2;;;;;4*1H;2*1H2/q-4;2*+1;2*+2;;;;;2*-1/p-4. The van der Waals surface area contributed by atoms with Crippen LogP contribution in [0.5, 0.6) is 0 Å².